The van der Waals surface area contributed by atoms with E-state index in [9.17, 15) is 4.79 Å². The molecule has 8 heteroatoms. The molecule has 1 aliphatic rings. The molecule has 3 aromatic rings. The van der Waals surface area contributed by atoms with Crippen LogP contribution in [-0.4, -0.2) is 50.2 Å². The maximum Gasteiger partial charge on any atom is 0.322 e. The average Bonchev–Trinajstić information content (AvgIpc) is 3.32. The summed E-state index contributed by atoms with van der Waals surface area (Å²) in [6.45, 7) is 1.82. The summed E-state index contributed by atoms with van der Waals surface area (Å²) in [4.78, 5) is 18.8. The van der Waals surface area contributed by atoms with Crippen LogP contribution in [0.15, 0.2) is 42.7 Å². The van der Waals surface area contributed by atoms with Gasteiger partial charge >= 0.3 is 6.03 Å². The molecular weight excluding hydrogens is 344 g/mol. The third-order valence-corrected chi connectivity index (χ3v) is 4.72. The fourth-order valence-corrected chi connectivity index (χ4v) is 3.28. The molecule has 4 rings (SSSR count). The van der Waals surface area contributed by atoms with Gasteiger partial charge in [0.2, 0.25) is 0 Å². The Hall–Kier alpha value is -3.00. The minimum absolute atomic E-state index is 0.0834. The number of nitrogens with zero attached hydrogens (tertiary/aromatic N) is 5. The van der Waals surface area contributed by atoms with Crippen molar-refractivity contribution in [2.75, 3.05) is 18.5 Å². The summed E-state index contributed by atoms with van der Waals surface area (Å²) >= 11 is 0. The van der Waals surface area contributed by atoms with Crippen molar-refractivity contribution >= 4 is 22.8 Å². The average molecular weight is 366 g/mol. The van der Waals surface area contributed by atoms with Crippen molar-refractivity contribution in [3.8, 4) is 0 Å². The lowest BCUT2D eigenvalue weighted by molar-refractivity contribution is 0.0819. The number of fused-ring (bicyclic) bond motifs is 1. The quantitative estimate of drug-likeness (QED) is 0.750. The zero-order valence-corrected chi connectivity index (χ0v) is 15.2. The topological polar surface area (TPSA) is 85.2 Å². The van der Waals surface area contributed by atoms with Gasteiger partial charge in [-0.1, -0.05) is 5.21 Å². The number of aryl methyl sites for hydroxylation is 1. The van der Waals surface area contributed by atoms with Crippen LogP contribution >= 0.6 is 0 Å². The van der Waals surface area contributed by atoms with Crippen molar-refractivity contribution in [1.82, 2.24) is 24.9 Å². The fraction of sp³-hybridized carbons (Fsp3) is 0.368. The third-order valence-electron chi connectivity index (χ3n) is 4.72. The summed E-state index contributed by atoms with van der Waals surface area (Å²) in [6.07, 6.45) is 5.57. The molecule has 0 saturated carbocycles. The van der Waals surface area contributed by atoms with E-state index >= 15 is 0 Å². The first-order chi connectivity index (χ1) is 13.2. The summed E-state index contributed by atoms with van der Waals surface area (Å²) in [6, 6.07) is 9.27. The normalized spacial score (nSPS) is 16.6. The van der Waals surface area contributed by atoms with Crippen LogP contribution in [0.25, 0.3) is 11.0 Å². The molecule has 8 nitrogen and oxygen atoms in total. The predicted molar refractivity (Wildman–Crippen MR) is 101 cm³/mol. The molecule has 0 bridgehead atoms. The Morgan fingerprint density at radius 3 is 2.96 bits per heavy atom. The van der Waals surface area contributed by atoms with E-state index in [1.807, 2.05) is 37.4 Å². The summed E-state index contributed by atoms with van der Waals surface area (Å²) in [5.41, 5.74) is 3.39. The number of carbonyl (C=O) groups excluding carboxylic acids is 1. The Morgan fingerprint density at radius 1 is 1.33 bits per heavy atom. The Kier molecular flexibility index (Phi) is 4.97. The van der Waals surface area contributed by atoms with Crippen LogP contribution in [-0.2, 0) is 18.3 Å². The molecule has 1 aliphatic heterocycles. The molecule has 140 valence electrons. The summed E-state index contributed by atoms with van der Waals surface area (Å²) in [5.74, 6) is 0. The van der Waals surface area contributed by atoms with E-state index in [-0.39, 0.29) is 12.1 Å². The molecule has 3 heterocycles. The molecule has 27 heavy (non-hydrogen) atoms. The van der Waals surface area contributed by atoms with Crippen molar-refractivity contribution in [3.05, 3.63) is 48.3 Å². The molecule has 1 aromatic carbocycles. The van der Waals surface area contributed by atoms with Gasteiger partial charge < -0.3 is 15.0 Å². The highest BCUT2D eigenvalue weighted by Crippen LogP contribution is 2.19. The lowest BCUT2D eigenvalue weighted by Gasteiger charge is -2.26. The lowest BCUT2D eigenvalue weighted by Crippen LogP contribution is -2.39. The summed E-state index contributed by atoms with van der Waals surface area (Å²) in [7, 11) is 1.84. The number of ether oxygens (including phenoxy) is 1. The first-order valence-electron chi connectivity index (χ1n) is 9.05. The molecule has 0 aliphatic carbocycles. The first-order valence-corrected chi connectivity index (χ1v) is 9.05. The minimum Gasteiger partial charge on any atom is -0.376 e. The van der Waals surface area contributed by atoms with E-state index in [0.29, 0.717) is 18.8 Å². The van der Waals surface area contributed by atoms with Crippen LogP contribution < -0.4 is 5.32 Å². The molecule has 0 unspecified atom stereocenters. The fourth-order valence-electron chi connectivity index (χ4n) is 3.28. The van der Waals surface area contributed by atoms with Crippen LogP contribution in [0.2, 0.25) is 0 Å². The minimum atomic E-state index is -0.162. The highest BCUT2D eigenvalue weighted by Gasteiger charge is 2.23. The van der Waals surface area contributed by atoms with E-state index in [1.54, 1.807) is 22.0 Å². The second kappa shape index (κ2) is 7.71. The Labute approximate surface area is 157 Å². The standard InChI is InChI=1S/C19H22N6O2/c1-24-18-5-4-15(11-17(18)22-23-24)21-19(26)25(13-16-3-2-10-27-16)12-14-6-8-20-9-7-14/h4-9,11,16H,2-3,10,12-13H2,1H3,(H,21,26)/t16-/m0/s1. The van der Waals surface area contributed by atoms with Crippen LogP contribution in [0.1, 0.15) is 18.4 Å². The van der Waals surface area contributed by atoms with Crippen molar-refractivity contribution in [1.29, 1.82) is 0 Å². The molecular formula is C19H22N6O2. The highest BCUT2D eigenvalue weighted by atomic mass is 16.5. The molecule has 1 N–H and O–H groups in total. The van der Waals surface area contributed by atoms with E-state index in [2.05, 4.69) is 20.6 Å². The molecule has 2 aromatic heterocycles. The van der Waals surface area contributed by atoms with Crippen LogP contribution in [0.3, 0.4) is 0 Å². The number of urea groups is 1. The molecule has 1 fully saturated rings. The number of hydrogen-bond donors (Lipinski definition) is 1. The number of nitrogens with one attached hydrogen (secondary N) is 1. The van der Waals surface area contributed by atoms with Gasteiger partial charge in [-0.2, -0.15) is 0 Å². The van der Waals surface area contributed by atoms with Gasteiger partial charge in [-0.3, -0.25) is 4.98 Å². The van der Waals surface area contributed by atoms with Gasteiger partial charge in [0, 0.05) is 44.8 Å². The van der Waals surface area contributed by atoms with Crippen LogP contribution in [0.5, 0.6) is 0 Å². The predicted octanol–water partition coefficient (Wildman–Crippen LogP) is 2.58. The largest absolute Gasteiger partial charge is 0.376 e. The second-order valence-corrected chi connectivity index (χ2v) is 6.72. The van der Waals surface area contributed by atoms with Crippen LogP contribution in [0, 0.1) is 0 Å². The number of rotatable bonds is 5. The SMILES string of the molecule is Cn1nnc2cc(NC(=O)N(Cc3ccncc3)C[C@@H]3CCCO3)ccc21. The van der Waals surface area contributed by atoms with Gasteiger partial charge in [0.05, 0.1) is 11.6 Å². The van der Waals surface area contributed by atoms with Gasteiger partial charge in [-0.15, -0.1) is 5.10 Å². The zero-order valence-electron chi connectivity index (χ0n) is 15.2. The van der Waals surface area contributed by atoms with E-state index < -0.39 is 0 Å². The van der Waals surface area contributed by atoms with Crippen molar-refractivity contribution in [2.45, 2.75) is 25.5 Å². The maximum absolute atomic E-state index is 12.9. The van der Waals surface area contributed by atoms with Gasteiger partial charge in [0.1, 0.15) is 5.52 Å². The maximum atomic E-state index is 12.9. The van der Waals surface area contributed by atoms with Crippen molar-refractivity contribution in [2.24, 2.45) is 7.05 Å². The monoisotopic (exact) mass is 366 g/mol. The number of hydrogen-bond acceptors (Lipinski definition) is 5. The lowest BCUT2D eigenvalue weighted by atomic mass is 10.2. The smallest absolute Gasteiger partial charge is 0.322 e. The molecule has 2 amide bonds. The Balaban J connectivity index is 1.50. The van der Waals surface area contributed by atoms with E-state index in [4.69, 9.17) is 4.74 Å². The number of anilines is 1. The molecule has 1 atom stereocenters. The first kappa shape index (κ1) is 17.4. The van der Waals surface area contributed by atoms with Crippen LogP contribution in [0.4, 0.5) is 10.5 Å². The zero-order chi connectivity index (χ0) is 18.6. The van der Waals surface area contributed by atoms with Gasteiger partial charge in [-0.05, 0) is 48.7 Å². The van der Waals surface area contributed by atoms with Gasteiger partial charge in [0.25, 0.3) is 0 Å². The van der Waals surface area contributed by atoms with E-state index in [0.717, 1.165) is 36.0 Å². The number of carbonyl (C=O) groups is 1. The number of benzene rings is 1. The second-order valence-electron chi connectivity index (χ2n) is 6.72. The summed E-state index contributed by atoms with van der Waals surface area (Å²) < 4.78 is 7.43. The van der Waals surface area contributed by atoms with Gasteiger partial charge in [0.15, 0.2) is 0 Å². The number of amides is 2. The van der Waals surface area contributed by atoms with Gasteiger partial charge in [-0.25, -0.2) is 9.48 Å². The molecule has 0 spiro atoms. The molecule has 0 radical (unpaired) electrons. The Bertz CT molecular complexity index is 920. The molecule has 1 saturated heterocycles. The highest BCUT2D eigenvalue weighted by molar-refractivity contribution is 5.91. The Morgan fingerprint density at radius 2 is 2.19 bits per heavy atom. The van der Waals surface area contributed by atoms with Crippen molar-refractivity contribution in [3.63, 3.8) is 0 Å². The number of aromatic nitrogens is 4. The third kappa shape index (κ3) is 4.06. The summed E-state index contributed by atoms with van der Waals surface area (Å²) in [5, 5.41) is 11.1. The van der Waals surface area contributed by atoms with E-state index in [1.165, 1.54) is 0 Å². The van der Waals surface area contributed by atoms with Crippen molar-refractivity contribution < 1.29 is 9.53 Å². The number of pyridine rings is 1.